The zero-order valence-electron chi connectivity index (χ0n) is 11.8. The molecule has 3 rings (SSSR count). The number of hydrogen-bond donors (Lipinski definition) is 0. The Morgan fingerprint density at radius 3 is 2.60 bits per heavy atom. The molecule has 106 valence electrons. The summed E-state index contributed by atoms with van der Waals surface area (Å²) in [6.45, 7) is 5.19. The van der Waals surface area contributed by atoms with Crippen LogP contribution in [0.4, 0.5) is 0 Å². The summed E-state index contributed by atoms with van der Waals surface area (Å²) in [6, 6.07) is 15.2. The molecule has 0 aliphatic carbocycles. The van der Waals surface area contributed by atoms with E-state index in [1.54, 1.807) is 0 Å². The van der Waals surface area contributed by atoms with Crippen molar-refractivity contribution in [3.8, 4) is 10.4 Å². The van der Waals surface area contributed by atoms with Crippen LogP contribution in [0.2, 0.25) is 0 Å². The third kappa shape index (κ3) is 3.69. The Labute approximate surface area is 125 Å². The van der Waals surface area contributed by atoms with Crippen LogP contribution in [-0.4, -0.2) is 37.7 Å². The summed E-state index contributed by atoms with van der Waals surface area (Å²) in [4.78, 5) is 5.39. The van der Waals surface area contributed by atoms with Crippen LogP contribution in [0.25, 0.3) is 10.4 Å². The highest BCUT2D eigenvalue weighted by Crippen LogP contribution is 2.28. The number of hydrogen-bond acceptors (Lipinski definition) is 3. The highest BCUT2D eigenvalue weighted by atomic mass is 32.1. The molecule has 2 aromatic rings. The van der Waals surface area contributed by atoms with Crippen LogP contribution in [0, 0.1) is 0 Å². The molecule has 0 atom stereocenters. The number of aryl methyl sites for hydroxylation is 1. The minimum atomic E-state index is 0.900. The average Bonchev–Trinajstić information content (AvgIpc) is 2.98. The molecule has 1 aliphatic heterocycles. The summed E-state index contributed by atoms with van der Waals surface area (Å²) < 4.78 is 5.38. The Kier molecular flexibility index (Phi) is 4.85. The SMILES string of the molecule is c1ccc(-c2ccc(CCCN3CCOCC3)s2)cc1. The van der Waals surface area contributed by atoms with Gasteiger partial charge in [-0.05, 0) is 37.1 Å². The maximum absolute atomic E-state index is 5.38. The van der Waals surface area contributed by atoms with Crippen molar-refractivity contribution in [1.82, 2.24) is 4.90 Å². The molecular weight excluding hydrogens is 266 g/mol. The van der Waals surface area contributed by atoms with Crippen molar-refractivity contribution in [1.29, 1.82) is 0 Å². The molecule has 3 heteroatoms. The lowest BCUT2D eigenvalue weighted by Gasteiger charge is -2.26. The second kappa shape index (κ2) is 7.02. The first-order valence-electron chi connectivity index (χ1n) is 7.36. The minimum absolute atomic E-state index is 0.900. The van der Waals surface area contributed by atoms with Gasteiger partial charge in [0.2, 0.25) is 0 Å². The molecule has 0 amide bonds. The lowest BCUT2D eigenvalue weighted by molar-refractivity contribution is 0.0375. The number of ether oxygens (including phenoxy) is 1. The van der Waals surface area contributed by atoms with Crippen LogP contribution in [0.3, 0.4) is 0 Å². The predicted octanol–water partition coefficient (Wildman–Crippen LogP) is 3.68. The van der Waals surface area contributed by atoms with E-state index in [0.717, 1.165) is 26.3 Å². The summed E-state index contributed by atoms with van der Waals surface area (Å²) >= 11 is 1.93. The van der Waals surface area contributed by atoms with Crippen LogP contribution in [0.5, 0.6) is 0 Å². The van der Waals surface area contributed by atoms with Gasteiger partial charge in [0, 0.05) is 22.8 Å². The van der Waals surface area contributed by atoms with E-state index < -0.39 is 0 Å². The van der Waals surface area contributed by atoms with Crippen LogP contribution < -0.4 is 0 Å². The van der Waals surface area contributed by atoms with Gasteiger partial charge >= 0.3 is 0 Å². The van der Waals surface area contributed by atoms with E-state index in [9.17, 15) is 0 Å². The zero-order valence-corrected chi connectivity index (χ0v) is 12.6. The maximum atomic E-state index is 5.38. The molecule has 0 bridgehead atoms. The number of benzene rings is 1. The van der Waals surface area contributed by atoms with E-state index in [2.05, 4.69) is 47.4 Å². The van der Waals surface area contributed by atoms with E-state index >= 15 is 0 Å². The summed E-state index contributed by atoms with van der Waals surface area (Å²) in [5, 5.41) is 0. The monoisotopic (exact) mass is 287 g/mol. The fourth-order valence-electron chi connectivity index (χ4n) is 2.57. The van der Waals surface area contributed by atoms with Gasteiger partial charge in [-0.2, -0.15) is 0 Å². The summed E-state index contributed by atoms with van der Waals surface area (Å²) in [7, 11) is 0. The molecule has 0 N–H and O–H groups in total. The molecule has 0 spiro atoms. The highest BCUT2D eigenvalue weighted by molar-refractivity contribution is 7.15. The van der Waals surface area contributed by atoms with E-state index in [4.69, 9.17) is 4.74 Å². The van der Waals surface area contributed by atoms with Crippen molar-refractivity contribution in [2.45, 2.75) is 12.8 Å². The highest BCUT2D eigenvalue weighted by Gasteiger charge is 2.10. The van der Waals surface area contributed by atoms with Gasteiger partial charge in [0.15, 0.2) is 0 Å². The Bertz CT molecular complexity index is 517. The molecule has 1 fully saturated rings. The lowest BCUT2D eigenvalue weighted by atomic mass is 10.2. The van der Waals surface area contributed by atoms with E-state index in [0.29, 0.717) is 0 Å². The molecule has 0 unspecified atom stereocenters. The van der Waals surface area contributed by atoms with Gasteiger partial charge in [0.05, 0.1) is 13.2 Å². The Balaban J connectivity index is 1.50. The van der Waals surface area contributed by atoms with Crippen LogP contribution >= 0.6 is 11.3 Å². The molecule has 0 saturated carbocycles. The smallest absolute Gasteiger partial charge is 0.0594 e. The first-order chi connectivity index (χ1) is 9.92. The zero-order chi connectivity index (χ0) is 13.6. The summed E-state index contributed by atoms with van der Waals surface area (Å²) in [5.74, 6) is 0. The fourth-order valence-corrected chi connectivity index (χ4v) is 3.63. The van der Waals surface area contributed by atoms with Gasteiger partial charge < -0.3 is 4.74 Å². The number of nitrogens with zero attached hydrogens (tertiary/aromatic N) is 1. The standard InChI is InChI=1S/C17H21NOS/c1-2-5-15(6-3-1)17-9-8-16(20-17)7-4-10-18-11-13-19-14-12-18/h1-3,5-6,8-9H,4,7,10-14H2. The summed E-state index contributed by atoms with van der Waals surface area (Å²) in [5.41, 5.74) is 1.33. The minimum Gasteiger partial charge on any atom is -0.379 e. The molecule has 2 heterocycles. The first-order valence-corrected chi connectivity index (χ1v) is 8.18. The largest absolute Gasteiger partial charge is 0.379 e. The molecule has 0 radical (unpaired) electrons. The third-order valence-electron chi connectivity index (χ3n) is 3.72. The average molecular weight is 287 g/mol. The van der Waals surface area contributed by atoms with Gasteiger partial charge in [-0.15, -0.1) is 11.3 Å². The molecule has 1 aromatic heterocycles. The second-order valence-electron chi connectivity index (χ2n) is 5.19. The van der Waals surface area contributed by atoms with Gasteiger partial charge in [-0.25, -0.2) is 0 Å². The van der Waals surface area contributed by atoms with E-state index in [-0.39, 0.29) is 0 Å². The number of rotatable bonds is 5. The van der Waals surface area contributed by atoms with E-state index in [1.165, 1.54) is 34.7 Å². The molecule has 1 aromatic carbocycles. The van der Waals surface area contributed by atoms with Gasteiger partial charge in [0.25, 0.3) is 0 Å². The van der Waals surface area contributed by atoms with Crippen molar-refractivity contribution < 1.29 is 4.74 Å². The van der Waals surface area contributed by atoms with Crippen molar-refractivity contribution in [2.24, 2.45) is 0 Å². The molecule has 20 heavy (non-hydrogen) atoms. The van der Waals surface area contributed by atoms with Crippen molar-refractivity contribution in [3.63, 3.8) is 0 Å². The van der Waals surface area contributed by atoms with Crippen LogP contribution in [0.1, 0.15) is 11.3 Å². The predicted molar refractivity (Wildman–Crippen MR) is 85.3 cm³/mol. The van der Waals surface area contributed by atoms with Gasteiger partial charge in [-0.1, -0.05) is 30.3 Å². The molecule has 1 aliphatic rings. The Morgan fingerprint density at radius 2 is 1.80 bits per heavy atom. The Hall–Kier alpha value is -1.16. The molecule has 2 nitrogen and oxygen atoms in total. The normalized spacial score (nSPS) is 16.4. The van der Waals surface area contributed by atoms with Gasteiger partial charge in [0.1, 0.15) is 0 Å². The third-order valence-corrected chi connectivity index (χ3v) is 4.92. The summed E-state index contributed by atoms with van der Waals surface area (Å²) in [6.07, 6.45) is 2.43. The Morgan fingerprint density at radius 1 is 1.00 bits per heavy atom. The van der Waals surface area contributed by atoms with E-state index in [1.807, 2.05) is 11.3 Å². The second-order valence-corrected chi connectivity index (χ2v) is 6.36. The fraction of sp³-hybridized carbons (Fsp3) is 0.412. The van der Waals surface area contributed by atoms with Crippen LogP contribution in [-0.2, 0) is 11.2 Å². The maximum Gasteiger partial charge on any atom is 0.0594 e. The number of thiophene rings is 1. The van der Waals surface area contributed by atoms with Gasteiger partial charge in [-0.3, -0.25) is 4.90 Å². The first kappa shape index (κ1) is 13.8. The molecular formula is C17H21NOS. The quantitative estimate of drug-likeness (QED) is 0.832. The van der Waals surface area contributed by atoms with Crippen LogP contribution in [0.15, 0.2) is 42.5 Å². The topological polar surface area (TPSA) is 12.5 Å². The van der Waals surface area contributed by atoms with Crippen molar-refractivity contribution in [3.05, 3.63) is 47.3 Å². The lowest BCUT2D eigenvalue weighted by Crippen LogP contribution is -2.36. The van der Waals surface area contributed by atoms with Crippen molar-refractivity contribution >= 4 is 11.3 Å². The number of morpholine rings is 1. The van der Waals surface area contributed by atoms with Crippen molar-refractivity contribution in [2.75, 3.05) is 32.8 Å². The molecule has 1 saturated heterocycles.